The number of aromatic amines is 1. The molecule has 0 bridgehead atoms. The molecule has 0 aliphatic rings. The van der Waals surface area contributed by atoms with Crippen molar-refractivity contribution in [2.45, 2.75) is 18.1 Å². The second kappa shape index (κ2) is 6.53. The average molecular weight is 293 g/mol. The van der Waals surface area contributed by atoms with E-state index in [0.717, 1.165) is 11.8 Å². The van der Waals surface area contributed by atoms with E-state index < -0.39 is 6.10 Å². The number of hydrogen-bond acceptors (Lipinski definition) is 5. The van der Waals surface area contributed by atoms with Crippen molar-refractivity contribution < 1.29 is 9.90 Å². The highest BCUT2D eigenvalue weighted by molar-refractivity contribution is 7.99. The van der Waals surface area contributed by atoms with E-state index in [9.17, 15) is 9.59 Å². The number of aromatic nitrogens is 2. The first kappa shape index (κ1) is 14.5. The van der Waals surface area contributed by atoms with Crippen molar-refractivity contribution in [3.63, 3.8) is 0 Å². The summed E-state index contributed by atoms with van der Waals surface area (Å²) < 4.78 is 0. The average Bonchev–Trinajstić information content (AvgIpc) is 2.42. The molecule has 1 atom stereocenters. The quantitative estimate of drug-likeness (QED) is 0.698. The third kappa shape index (κ3) is 3.82. The predicted octanol–water partition coefficient (Wildman–Crippen LogP) is 0.512. The van der Waals surface area contributed by atoms with Gasteiger partial charge in [-0.05, 0) is 19.1 Å². The molecule has 20 heavy (non-hydrogen) atoms. The Morgan fingerprint density at radius 3 is 3.00 bits per heavy atom. The van der Waals surface area contributed by atoms with Crippen molar-refractivity contribution in [1.82, 2.24) is 15.3 Å². The van der Waals surface area contributed by atoms with Gasteiger partial charge in [0.1, 0.15) is 0 Å². The van der Waals surface area contributed by atoms with Gasteiger partial charge >= 0.3 is 0 Å². The van der Waals surface area contributed by atoms with E-state index in [2.05, 4.69) is 15.3 Å². The van der Waals surface area contributed by atoms with E-state index in [1.165, 1.54) is 0 Å². The third-order valence-corrected chi connectivity index (χ3v) is 3.46. The Labute approximate surface area is 119 Å². The molecule has 0 radical (unpaired) electrons. The van der Waals surface area contributed by atoms with Gasteiger partial charge in [0.2, 0.25) is 5.91 Å². The molecule has 0 saturated carbocycles. The second-order valence-corrected chi connectivity index (χ2v) is 5.29. The van der Waals surface area contributed by atoms with Crippen LogP contribution in [0.1, 0.15) is 6.92 Å². The Kier molecular flexibility index (Phi) is 4.75. The predicted molar refractivity (Wildman–Crippen MR) is 77.8 cm³/mol. The number of carbonyl (C=O) groups is 1. The van der Waals surface area contributed by atoms with Crippen molar-refractivity contribution in [2.75, 3.05) is 12.3 Å². The standard InChI is InChI=1S/C13H15N3O3S/c1-8(17)6-14-11(18)7-20-13-12(19)15-9-4-2-3-5-10(9)16-13/h2-5,8,17H,6-7H2,1H3,(H,14,18)(H,15,19). The minimum Gasteiger partial charge on any atom is -0.392 e. The highest BCUT2D eigenvalue weighted by Gasteiger charge is 2.09. The Morgan fingerprint density at radius 1 is 1.50 bits per heavy atom. The van der Waals surface area contributed by atoms with E-state index in [1.807, 2.05) is 12.1 Å². The summed E-state index contributed by atoms with van der Waals surface area (Å²) >= 11 is 1.07. The molecule has 1 heterocycles. The van der Waals surface area contributed by atoms with Crippen LogP contribution >= 0.6 is 11.8 Å². The van der Waals surface area contributed by atoms with Gasteiger partial charge in [0.25, 0.3) is 5.56 Å². The maximum atomic E-state index is 11.8. The van der Waals surface area contributed by atoms with Crippen LogP contribution in [0.3, 0.4) is 0 Å². The van der Waals surface area contributed by atoms with Crippen LogP contribution in [0.25, 0.3) is 11.0 Å². The lowest BCUT2D eigenvalue weighted by molar-refractivity contribution is -0.118. The Hall–Kier alpha value is -1.86. The monoisotopic (exact) mass is 293 g/mol. The summed E-state index contributed by atoms with van der Waals surface area (Å²) in [6, 6.07) is 7.21. The highest BCUT2D eigenvalue weighted by Crippen LogP contribution is 2.13. The van der Waals surface area contributed by atoms with E-state index in [4.69, 9.17) is 5.11 Å². The molecule has 0 saturated heterocycles. The lowest BCUT2D eigenvalue weighted by Gasteiger charge is -2.06. The third-order valence-electron chi connectivity index (χ3n) is 2.50. The topological polar surface area (TPSA) is 95.1 Å². The van der Waals surface area contributed by atoms with Gasteiger partial charge in [0.15, 0.2) is 5.03 Å². The van der Waals surface area contributed by atoms with Crippen molar-refractivity contribution in [3.05, 3.63) is 34.6 Å². The van der Waals surface area contributed by atoms with Gasteiger partial charge < -0.3 is 15.4 Å². The van der Waals surface area contributed by atoms with Crippen molar-refractivity contribution in [3.8, 4) is 0 Å². The Balaban J connectivity index is 2.04. The number of carbonyl (C=O) groups excluding carboxylic acids is 1. The summed E-state index contributed by atoms with van der Waals surface area (Å²) in [5.74, 6) is -0.161. The molecule has 0 aliphatic carbocycles. The van der Waals surface area contributed by atoms with Gasteiger partial charge in [0.05, 0.1) is 22.9 Å². The molecule has 106 valence electrons. The van der Waals surface area contributed by atoms with Crippen molar-refractivity contribution >= 4 is 28.7 Å². The molecule has 6 nitrogen and oxygen atoms in total. The van der Waals surface area contributed by atoms with Crippen LogP contribution in [-0.2, 0) is 4.79 Å². The Morgan fingerprint density at radius 2 is 2.25 bits per heavy atom. The summed E-state index contributed by atoms with van der Waals surface area (Å²) in [7, 11) is 0. The van der Waals surface area contributed by atoms with Crippen LogP contribution in [0, 0.1) is 0 Å². The molecule has 1 aromatic carbocycles. The number of hydrogen-bond donors (Lipinski definition) is 3. The number of aliphatic hydroxyl groups excluding tert-OH is 1. The summed E-state index contributed by atoms with van der Waals surface area (Å²) in [6.45, 7) is 1.78. The van der Waals surface area contributed by atoms with Gasteiger partial charge in [-0.2, -0.15) is 0 Å². The fraction of sp³-hybridized carbons (Fsp3) is 0.308. The zero-order valence-electron chi connectivity index (χ0n) is 10.9. The first-order valence-corrected chi connectivity index (χ1v) is 7.11. The number of H-pyrrole nitrogens is 1. The van der Waals surface area contributed by atoms with Gasteiger partial charge in [-0.25, -0.2) is 4.98 Å². The first-order valence-electron chi connectivity index (χ1n) is 6.13. The molecule has 7 heteroatoms. The number of para-hydroxylation sites is 2. The molecular weight excluding hydrogens is 278 g/mol. The molecule has 2 rings (SSSR count). The lowest BCUT2D eigenvalue weighted by atomic mass is 10.3. The molecule has 0 fully saturated rings. The highest BCUT2D eigenvalue weighted by atomic mass is 32.2. The molecule has 2 aromatic rings. The summed E-state index contributed by atoms with van der Waals surface area (Å²) in [5, 5.41) is 11.9. The molecule has 1 unspecified atom stereocenters. The molecular formula is C13H15N3O3S. The van der Waals surface area contributed by atoms with Crippen LogP contribution in [0.2, 0.25) is 0 Å². The molecule has 0 aliphatic heterocycles. The first-order chi connectivity index (χ1) is 9.56. The van der Waals surface area contributed by atoms with Crippen LogP contribution in [-0.4, -0.2) is 39.4 Å². The Bertz CT molecular complexity index is 669. The number of nitrogens with zero attached hydrogens (tertiary/aromatic N) is 1. The van der Waals surface area contributed by atoms with Gasteiger partial charge in [0, 0.05) is 6.54 Å². The minimum absolute atomic E-state index is 0.0845. The fourth-order valence-electron chi connectivity index (χ4n) is 1.56. The SMILES string of the molecule is CC(O)CNC(=O)CSc1nc2ccccc2[nH]c1=O. The van der Waals surface area contributed by atoms with Crippen molar-refractivity contribution in [1.29, 1.82) is 0 Å². The van der Waals surface area contributed by atoms with E-state index in [1.54, 1.807) is 19.1 Å². The normalized spacial score (nSPS) is 12.3. The zero-order valence-corrected chi connectivity index (χ0v) is 11.7. The summed E-state index contributed by atoms with van der Waals surface area (Å²) in [6.07, 6.45) is -0.592. The van der Waals surface area contributed by atoms with Crippen LogP contribution < -0.4 is 10.9 Å². The molecule has 1 amide bonds. The smallest absolute Gasteiger partial charge is 0.280 e. The van der Waals surface area contributed by atoms with Gasteiger partial charge in [-0.15, -0.1) is 0 Å². The molecule has 0 spiro atoms. The van der Waals surface area contributed by atoms with Crippen LogP contribution in [0.4, 0.5) is 0 Å². The van der Waals surface area contributed by atoms with Crippen molar-refractivity contribution in [2.24, 2.45) is 0 Å². The number of thioether (sulfide) groups is 1. The van der Waals surface area contributed by atoms with Gasteiger partial charge in [-0.1, -0.05) is 23.9 Å². The second-order valence-electron chi connectivity index (χ2n) is 4.33. The summed E-state index contributed by atoms with van der Waals surface area (Å²) in [5.41, 5.74) is 1.04. The fourth-order valence-corrected chi connectivity index (χ4v) is 2.27. The van der Waals surface area contributed by atoms with E-state index in [-0.39, 0.29) is 28.8 Å². The number of benzene rings is 1. The summed E-state index contributed by atoms with van der Waals surface area (Å²) in [4.78, 5) is 30.3. The zero-order chi connectivity index (χ0) is 14.5. The minimum atomic E-state index is -0.592. The number of aliphatic hydroxyl groups is 1. The maximum Gasteiger partial charge on any atom is 0.280 e. The molecule has 3 N–H and O–H groups in total. The van der Waals surface area contributed by atoms with Crippen LogP contribution in [0.15, 0.2) is 34.1 Å². The van der Waals surface area contributed by atoms with E-state index in [0.29, 0.717) is 11.0 Å². The lowest BCUT2D eigenvalue weighted by Crippen LogP contribution is -2.32. The number of rotatable bonds is 5. The van der Waals surface area contributed by atoms with Gasteiger partial charge in [-0.3, -0.25) is 9.59 Å². The largest absolute Gasteiger partial charge is 0.392 e. The number of nitrogens with one attached hydrogen (secondary N) is 2. The maximum absolute atomic E-state index is 11.8. The number of fused-ring (bicyclic) bond motifs is 1. The number of amides is 1. The molecule has 1 aromatic heterocycles. The van der Waals surface area contributed by atoms with Crippen LogP contribution in [0.5, 0.6) is 0 Å². The van der Waals surface area contributed by atoms with E-state index >= 15 is 0 Å².